The molecule has 0 fully saturated rings. The van der Waals surface area contributed by atoms with Crippen molar-refractivity contribution in [3.05, 3.63) is 76.7 Å². The van der Waals surface area contributed by atoms with Crippen LogP contribution < -0.4 is 14.8 Å². The van der Waals surface area contributed by atoms with E-state index in [1.807, 2.05) is 6.92 Å². The van der Waals surface area contributed by atoms with Gasteiger partial charge in [-0.3, -0.25) is 4.79 Å². The second kappa shape index (κ2) is 9.55. The summed E-state index contributed by atoms with van der Waals surface area (Å²) < 4.78 is 52.1. The second-order valence-electron chi connectivity index (χ2n) is 6.85. The van der Waals surface area contributed by atoms with Gasteiger partial charge in [-0.2, -0.15) is 13.2 Å². The summed E-state index contributed by atoms with van der Waals surface area (Å²) in [6, 6.07) is 12.8. The van der Waals surface area contributed by atoms with Gasteiger partial charge in [0.1, 0.15) is 23.9 Å². The third-order valence-corrected chi connectivity index (χ3v) is 4.44. The fourth-order valence-electron chi connectivity index (χ4n) is 2.74. The van der Waals surface area contributed by atoms with E-state index in [2.05, 4.69) is 15.2 Å². The summed E-state index contributed by atoms with van der Waals surface area (Å²) in [6.07, 6.45) is -4.39. The van der Waals surface area contributed by atoms with E-state index in [1.54, 1.807) is 43.3 Å². The highest BCUT2D eigenvalue weighted by Gasteiger charge is 2.28. The normalized spacial score (nSPS) is 11.3. The minimum absolute atomic E-state index is 0.107. The molecule has 2 aromatic carbocycles. The first-order valence-electron chi connectivity index (χ1n) is 9.42. The van der Waals surface area contributed by atoms with Crippen LogP contribution in [0.5, 0.6) is 11.5 Å². The van der Waals surface area contributed by atoms with Crippen molar-refractivity contribution in [2.24, 2.45) is 0 Å². The zero-order chi connectivity index (χ0) is 22.4. The number of hydrogen-bond donors (Lipinski definition) is 1. The molecule has 0 bridgehead atoms. The maximum absolute atomic E-state index is 12.4. The van der Waals surface area contributed by atoms with Crippen LogP contribution in [0.4, 0.5) is 13.2 Å². The van der Waals surface area contributed by atoms with Gasteiger partial charge >= 0.3 is 6.18 Å². The quantitative estimate of drug-likeness (QED) is 0.554. The minimum atomic E-state index is -4.39. The van der Waals surface area contributed by atoms with Crippen LogP contribution >= 0.6 is 0 Å². The molecular formula is C22H21F3N2O4. The van der Waals surface area contributed by atoms with Crippen molar-refractivity contribution in [2.75, 3.05) is 6.61 Å². The molecule has 31 heavy (non-hydrogen) atoms. The number of nitrogens with zero attached hydrogens (tertiary/aromatic N) is 1. The van der Waals surface area contributed by atoms with Crippen molar-refractivity contribution in [3.63, 3.8) is 0 Å². The first kappa shape index (κ1) is 22.2. The molecule has 1 N–H and O–H groups in total. The van der Waals surface area contributed by atoms with Gasteiger partial charge in [0, 0.05) is 12.1 Å². The van der Waals surface area contributed by atoms with E-state index in [1.165, 1.54) is 12.1 Å². The van der Waals surface area contributed by atoms with Crippen molar-refractivity contribution < 1.29 is 32.0 Å². The molecule has 0 aliphatic heterocycles. The average molecular weight is 434 g/mol. The number of halogens is 3. The second-order valence-corrected chi connectivity index (χ2v) is 6.85. The monoisotopic (exact) mass is 434 g/mol. The summed E-state index contributed by atoms with van der Waals surface area (Å²) in [7, 11) is 0. The first-order valence-corrected chi connectivity index (χ1v) is 9.42. The van der Waals surface area contributed by atoms with Crippen LogP contribution in [-0.4, -0.2) is 23.8 Å². The zero-order valence-corrected chi connectivity index (χ0v) is 17.0. The Kier molecular flexibility index (Phi) is 6.84. The molecule has 0 atom stereocenters. The molecular weight excluding hydrogens is 413 g/mol. The maximum Gasteiger partial charge on any atom is 0.422 e. The molecule has 0 radical (unpaired) electrons. The van der Waals surface area contributed by atoms with E-state index in [-0.39, 0.29) is 24.8 Å². The molecule has 1 aromatic heterocycles. The number of ether oxygens (including phenoxy) is 2. The third kappa shape index (κ3) is 6.50. The maximum atomic E-state index is 12.4. The predicted molar refractivity (Wildman–Crippen MR) is 106 cm³/mol. The van der Waals surface area contributed by atoms with Gasteiger partial charge in [-0.05, 0) is 49.7 Å². The number of nitrogens with one attached hydrogen (secondary N) is 1. The average Bonchev–Trinajstić information content (AvgIpc) is 3.06. The van der Waals surface area contributed by atoms with Gasteiger partial charge in [-0.15, -0.1) is 0 Å². The molecule has 0 spiro atoms. The number of benzene rings is 2. The van der Waals surface area contributed by atoms with Crippen LogP contribution in [0.3, 0.4) is 0 Å². The molecule has 9 heteroatoms. The van der Waals surface area contributed by atoms with Gasteiger partial charge in [-0.1, -0.05) is 23.4 Å². The van der Waals surface area contributed by atoms with Crippen molar-refractivity contribution in [1.29, 1.82) is 0 Å². The van der Waals surface area contributed by atoms with Crippen LogP contribution in [0.1, 0.15) is 32.9 Å². The Bertz CT molecular complexity index is 1010. The Morgan fingerprint density at radius 2 is 1.81 bits per heavy atom. The van der Waals surface area contributed by atoms with Crippen molar-refractivity contribution in [3.8, 4) is 11.5 Å². The van der Waals surface area contributed by atoms with Gasteiger partial charge in [0.2, 0.25) is 0 Å². The van der Waals surface area contributed by atoms with Gasteiger partial charge in [0.15, 0.2) is 6.61 Å². The Morgan fingerprint density at radius 3 is 2.45 bits per heavy atom. The van der Waals surface area contributed by atoms with E-state index >= 15 is 0 Å². The van der Waals surface area contributed by atoms with Crippen molar-refractivity contribution >= 4 is 5.91 Å². The lowest BCUT2D eigenvalue weighted by atomic mass is 10.1. The molecule has 0 aliphatic carbocycles. The smallest absolute Gasteiger partial charge is 0.422 e. The number of alkyl halides is 3. The topological polar surface area (TPSA) is 73.6 Å². The minimum Gasteiger partial charge on any atom is -0.489 e. The van der Waals surface area contributed by atoms with Crippen LogP contribution in [0.15, 0.2) is 53.1 Å². The Hall–Kier alpha value is -3.49. The number of hydrogen-bond acceptors (Lipinski definition) is 5. The van der Waals surface area contributed by atoms with Gasteiger partial charge in [-0.25, -0.2) is 0 Å². The Balaban J connectivity index is 1.53. The van der Waals surface area contributed by atoms with E-state index in [4.69, 9.17) is 9.26 Å². The van der Waals surface area contributed by atoms with Gasteiger partial charge in [0.25, 0.3) is 5.91 Å². The van der Waals surface area contributed by atoms with E-state index in [0.29, 0.717) is 17.1 Å². The lowest BCUT2D eigenvalue weighted by molar-refractivity contribution is -0.153. The van der Waals surface area contributed by atoms with Gasteiger partial charge < -0.3 is 19.3 Å². The Morgan fingerprint density at radius 1 is 1.06 bits per heavy atom. The van der Waals surface area contributed by atoms with E-state index in [9.17, 15) is 18.0 Å². The van der Waals surface area contributed by atoms with Crippen LogP contribution in [0, 0.1) is 13.8 Å². The predicted octanol–water partition coefficient (Wildman–Crippen LogP) is 4.74. The summed E-state index contributed by atoms with van der Waals surface area (Å²) in [4.78, 5) is 12.4. The third-order valence-electron chi connectivity index (χ3n) is 4.44. The van der Waals surface area contributed by atoms with Crippen LogP contribution in [0.25, 0.3) is 0 Å². The fourth-order valence-corrected chi connectivity index (χ4v) is 2.74. The molecule has 0 saturated carbocycles. The molecule has 3 aromatic rings. The molecule has 6 nitrogen and oxygen atoms in total. The van der Waals surface area contributed by atoms with E-state index in [0.717, 1.165) is 16.8 Å². The molecule has 0 saturated heterocycles. The molecule has 0 unspecified atom stereocenters. The highest BCUT2D eigenvalue weighted by molar-refractivity contribution is 5.94. The Labute approximate surface area is 177 Å². The number of rotatable bonds is 8. The zero-order valence-electron chi connectivity index (χ0n) is 17.0. The van der Waals surface area contributed by atoms with Crippen LogP contribution in [0.2, 0.25) is 0 Å². The lowest BCUT2D eigenvalue weighted by Gasteiger charge is -2.10. The largest absolute Gasteiger partial charge is 0.489 e. The highest BCUT2D eigenvalue weighted by atomic mass is 19.4. The number of carbonyl (C=O) groups is 1. The molecule has 1 heterocycles. The lowest BCUT2D eigenvalue weighted by Crippen LogP contribution is -2.22. The van der Waals surface area contributed by atoms with E-state index < -0.39 is 12.8 Å². The molecule has 3 rings (SSSR count). The number of carbonyl (C=O) groups excluding carboxylic acids is 1. The van der Waals surface area contributed by atoms with Crippen molar-refractivity contribution in [2.45, 2.75) is 33.2 Å². The van der Waals surface area contributed by atoms with Crippen molar-refractivity contribution in [1.82, 2.24) is 10.5 Å². The number of amides is 1. The number of aryl methyl sites for hydroxylation is 2. The molecule has 0 aliphatic rings. The van der Waals surface area contributed by atoms with Gasteiger partial charge in [0.05, 0.1) is 11.3 Å². The number of aromatic nitrogens is 1. The SMILES string of the molecule is Cc1noc(C)c1COc1cccc(C(=O)NCc2ccc(OCC(F)(F)F)cc2)c1. The molecule has 1 amide bonds. The highest BCUT2D eigenvalue weighted by Crippen LogP contribution is 2.20. The summed E-state index contributed by atoms with van der Waals surface area (Å²) in [5, 5.41) is 6.64. The summed E-state index contributed by atoms with van der Waals surface area (Å²) >= 11 is 0. The summed E-state index contributed by atoms with van der Waals surface area (Å²) in [5.41, 5.74) is 2.75. The summed E-state index contributed by atoms with van der Waals surface area (Å²) in [5.74, 6) is 1.01. The summed E-state index contributed by atoms with van der Waals surface area (Å²) in [6.45, 7) is 2.76. The standard InChI is InChI=1S/C22H21F3N2O4/c1-14-20(15(2)31-27-14)12-29-19-5-3-4-17(10-19)21(28)26-11-16-6-8-18(9-7-16)30-13-22(23,24)25/h3-10H,11-13H2,1-2H3,(H,26,28). The van der Waals surface area contributed by atoms with Crippen LogP contribution in [-0.2, 0) is 13.2 Å². The molecule has 164 valence electrons. The first-order chi connectivity index (χ1) is 14.7. The fraction of sp³-hybridized carbons (Fsp3) is 0.273.